The van der Waals surface area contributed by atoms with Gasteiger partial charge >= 0.3 is 0 Å². The Morgan fingerprint density at radius 1 is 1.31 bits per heavy atom. The number of benzene rings is 2. The number of terminal acetylenes is 1. The van der Waals surface area contributed by atoms with E-state index in [4.69, 9.17) is 27.5 Å². The summed E-state index contributed by atoms with van der Waals surface area (Å²) in [5.74, 6) is 3.90. The molecule has 0 saturated carbocycles. The normalized spacial score (nSPS) is 10.7. The fourth-order valence-corrected chi connectivity index (χ4v) is 2.56. The van der Waals surface area contributed by atoms with Gasteiger partial charge in [0, 0.05) is 5.56 Å². The molecule has 1 heterocycles. The first-order chi connectivity index (χ1) is 12.7. The average molecular weight is 367 g/mol. The van der Waals surface area contributed by atoms with E-state index >= 15 is 0 Å². The molecule has 7 heteroatoms. The summed E-state index contributed by atoms with van der Waals surface area (Å²) in [6.07, 6.45) is 8.38. The molecule has 3 rings (SSSR count). The molecule has 130 valence electrons. The molecule has 0 aliphatic heterocycles. The van der Waals surface area contributed by atoms with E-state index < -0.39 is 0 Å². The van der Waals surface area contributed by atoms with Crippen LogP contribution in [0, 0.1) is 12.3 Å². The highest BCUT2D eigenvalue weighted by atomic mass is 35.5. The third-order valence-electron chi connectivity index (χ3n) is 3.45. The number of ether oxygens (including phenoxy) is 2. The van der Waals surface area contributed by atoms with Gasteiger partial charge in [-0.2, -0.15) is 9.78 Å². The lowest BCUT2D eigenvalue weighted by molar-refractivity contribution is 0.331. The number of hydrogen-bond acceptors (Lipinski definition) is 5. The van der Waals surface area contributed by atoms with Gasteiger partial charge in [0.1, 0.15) is 12.9 Å². The number of nitrogens with zero attached hydrogens (tertiary/aromatic N) is 4. The number of aromatic nitrogens is 3. The van der Waals surface area contributed by atoms with Gasteiger partial charge in [0.25, 0.3) is 0 Å². The first-order valence-corrected chi connectivity index (χ1v) is 8.04. The summed E-state index contributed by atoms with van der Waals surface area (Å²) in [5.41, 5.74) is 1.64. The highest BCUT2D eigenvalue weighted by molar-refractivity contribution is 6.32. The van der Waals surface area contributed by atoms with E-state index in [1.807, 2.05) is 30.3 Å². The number of hydrogen-bond donors (Lipinski definition) is 0. The summed E-state index contributed by atoms with van der Waals surface area (Å²) in [6, 6.07) is 13.1. The molecule has 1 aromatic heterocycles. The summed E-state index contributed by atoms with van der Waals surface area (Å²) < 4.78 is 12.3. The van der Waals surface area contributed by atoms with Crippen molar-refractivity contribution in [2.24, 2.45) is 5.10 Å². The minimum atomic E-state index is 0.102. The number of halogens is 1. The van der Waals surface area contributed by atoms with Crippen molar-refractivity contribution < 1.29 is 9.47 Å². The molecule has 0 spiro atoms. The largest absolute Gasteiger partial charge is 0.493 e. The second-order valence-electron chi connectivity index (χ2n) is 5.14. The van der Waals surface area contributed by atoms with Crippen LogP contribution in [0.3, 0.4) is 0 Å². The molecular weight excluding hydrogens is 352 g/mol. The smallest absolute Gasteiger partial charge is 0.184 e. The van der Waals surface area contributed by atoms with Gasteiger partial charge in [0.05, 0.1) is 18.3 Å². The highest BCUT2D eigenvalue weighted by Crippen LogP contribution is 2.36. The minimum absolute atomic E-state index is 0.102. The zero-order chi connectivity index (χ0) is 18.4. The van der Waals surface area contributed by atoms with Crippen molar-refractivity contribution >= 4 is 17.8 Å². The van der Waals surface area contributed by atoms with Gasteiger partial charge in [0.15, 0.2) is 17.3 Å². The van der Waals surface area contributed by atoms with Crippen molar-refractivity contribution in [1.29, 1.82) is 0 Å². The van der Waals surface area contributed by atoms with Gasteiger partial charge in [-0.1, -0.05) is 47.9 Å². The van der Waals surface area contributed by atoms with E-state index in [1.54, 1.807) is 23.0 Å². The van der Waals surface area contributed by atoms with Gasteiger partial charge in [-0.05, 0) is 17.7 Å². The maximum Gasteiger partial charge on any atom is 0.184 e. The van der Waals surface area contributed by atoms with Gasteiger partial charge in [-0.25, -0.2) is 0 Å². The molecule has 0 aliphatic carbocycles. The van der Waals surface area contributed by atoms with Gasteiger partial charge in [-0.15, -0.1) is 16.6 Å². The van der Waals surface area contributed by atoms with Crippen LogP contribution in [0.5, 0.6) is 11.5 Å². The zero-order valence-electron chi connectivity index (χ0n) is 14.0. The highest BCUT2D eigenvalue weighted by Gasteiger charge is 2.11. The predicted molar refractivity (Wildman–Crippen MR) is 101 cm³/mol. The van der Waals surface area contributed by atoms with Gasteiger partial charge in [-0.3, -0.25) is 0 Å². The Kier molecular flexibility index (Phi) is 5.52. The predicted octanol–water partition coefficient (Wildman–Crippen LogP) is 3.50. The molecule has 0 radical (unpaired) electrons. The molecule has 2 aromatic carbocycles. The van der Waals surface area contributed by atoms with E-state index in [2.05, 4.69) is 21.2 Å². The third-order valence-corrected chi connectivity index (χ3v) is 3.73. The van der Waals surface area contributed by atoms with Crippen LogP contribution >= 0.6 is 11.6 Å². The van der Waals surface area contributed by atoms with Crippen molar-refractivity contribution in [3.05, 3.63) is 59.4 Å². The Labute approximate surface area is 156 Å². The van der Waals surface area contributed by atoms with Gasteiger partial charge < -0.3 is 9.47 Å². The van der Waals surface area contributed by atoms with Crippen LogP contribution in [0.4, 0.5) is 0 Å². The Morgan fingerprint density at radius 2 is 2.12 bits per heavy atom. The zero-order valence-corrected chi connectivity index (χ0v) is 14.7. The van der Waals surface area contributed by atoms with E-state index in [9.17, 15) is 0 Å². The molecule has 0 bridgehead atoms. The van der Waals surface area contributed by atoms with E-state index in [0.29, 0.717) is 22.3 Å². The fourth-order valence-electron chi connectivity index (χ4n) is 2.29. The third kappa shape index (κ3) is 3.85. The number of methoxy groups -OCH3 is 1. The lowest BCUT2D eigenvalue weighted by atomic mass is 10.2. The first kappa shape index (κ1) is 17.5. The Hall–Kier alpha value is -3.30. The Morgan fingerprint density at radius 3 is 2.85 bits per heavy atom. The molecule has 0 unspecified atom stereocenters. The summed E-state index contributed by atoms with van der Waals surface area (Å²) in [5, 5.41) is 12.8. The van der Waals surface area contributed by atoms with Crippen molar-refractivity contribution in [3.63, 3.8) is 0 Å². The molecular formula is C19H15ClN4O2. The molecule has 0 atom stereocenters. The van der Waals surface area contributed by atoms with Crippen LogP contribution in [-0.2, 0) is 0 Å². The molecule has 6 nitrogen and oxygen atoms in total. The summed E-state index contributed by atoms with van der Waals surface area (Å²) in [4.78, 5) is 0. The molecule has 0 fully saturated rings. The van der Waals surface area contributed by atoms with Crippen LogP contribution in [0.15, 0.2) is 53.9 Å². The molecule has 0 aliphatic rings. The lowest BCUT2D eigenvalue weighted by Crippen LogP contribution is -1.99. The summed E-state index contributed by atoms with van der Waals surface area (Å²) in [6.45, 7) is 0.102. The number of rotatable bonds is 6. The maximum absolute atomic E-state index is 6.27. The molecule has 0 N–H and O–H groups in total. The molecule has 26 heavy (non-hydrogen) atoms. The standard InChI is InChI=1S/C19H15ClN4O2/c1-3-9-26-18-16(20)10-14(11-17(18)25-2)12-22-24-13-21-23-19(24)15-7-5-4-6-8-15/h1,4-8,10-13H,9H2,2H3/b22-12-. The van der Waals surface area contributed by atoms with Crippen molar-refractivity contribution in [2.45, 2.75) is 0 Å². The summed E-state index contributed by atoms with van der Waals surface area (Å²) >= 11 is 6.27. The second kappa shape index (κ2) is 8.19. The second-order valence-corrected chi connectivity index (χ2v) is 5.54. The van der Waals surface area contributed by atoms with Gasteiger partial charge in [0.2, 0.25) is 0 Å². The average Bonchev–Trinajstić information content (AvgIpc) is 3.14. The molecule has 0 saturated heterocycles. The Balaban J connectivity index is 1.89. The lowest BCUT2D eigenvalue weighted by Gasteiger charge is -2.11. The Bertz CT molecular complexity index is 961. The van der Waals surface area contributed by atoms with E-state index in [1.165, 1.54) is 13.4 Å². The first-order valence-electron chi connectivity index (χ1n) is 7.66. The van der Waals surface area contributed by atoms with E-state index in [-0.39, 0.29) is 6.61 Å². The van der Waals surface area contributed by atoms with Crippen LogP contribution in [0.2, 0.25) is 5.02 Å². The van der Waals surface area contributed by atoms with Crippen LogP contribution in [0.25, 0.3) is 11.4 Å². The fraction of sp³-hybridized carbons (Fsp3) is 0.105. The van der Waals surface area contributed by atoms with Crippen molar-refractivity contribution in [1.82, 2.24) is 14.9 Å². The minimum Gasteiger partial charge on any atom is -0.493 e. The van der Waals surface area contributed by atoms with Crippen LogP contribution in [0.1, 0.15) is 5.56 Å². The SMILES string of the molecule is C#CCOc1c(Cl)cc(/C=N\n2cnnc2-c2ccccc2)cc1OC. The van der Waals surface area contributed by atoms with Crippen molar-refractivity contribution in [3.8, 4) is 35.2 Å². The topological polar surface area (TPSA) is 61.5 Å². The van der Waals surface area contributed by atoms with Crippen molar-refractivity contribution in [2.75, 3.05) is 13.7 Å². The summed E-state index contributed by atoms with van der Waals surface area (Å²) in [7, 11) is 1.53. The molecule has 0 amide bonds. The maximum atomic E-state index is 6.27. The van der Waals surface area contributed by atoms with E-state index in [0.717, 1.165) is 11.1 Å². The quantitative estimate of drug-likeness (QED) is 0.495. The molecule has 3 aromatic rings. The monoisotopic (exact) mass is 366 g/mol. The van der Waals surface area contributed by atoms with Crippen LogP contribution < -0.4 is 9.47 Å². The van der Waals surface area contributed by atoms with Crippen LogP contribution in [-0.4, -0.2) is 34.8 Å².